The van der Waals surface area contributed by atoms with Crippen LogP contribution in [0, 0.1) is 17.1 Å². The van der Waals surface area contributed by atoms with E-state index in [2.05, 4.69) is 30.6 Å². The molecule has 1 N–H and O–H groups in total. The molecular weight excluding hydrogens is 271 g/mol. The molecule has 0 aliphatic carbocycles. The summed E-state index contributed by atoms with van der Waals surface area (Å²) in [7, 11) is 0. The van der Waals surface area contributed by atoms with Crippen molar-refractivity contribution < 1.29 is 4.39 Å². The van der Waals surface area contributed by atoms with Crippen LogP contribution in [0.25, 0.3) is 0 Å². The Morgan fingerprint density at radius 1 is 1.35 bits per heavy atom. The Kier molecular flexibility index (Phi) is 4.53. The van der Waals surface area contributed by atoms with Crippen molar-refractivity contribution in [1.82, 2.24) is 5.32 Å². The fourth-order valence-electron chi connectivity index (χ4n) is 2.09. The third kappa shape index (κ3) is 3.66. The summed E-state index contributed by atoms with van der Waals surface area (Å²) in [6.45, 7) is 5.71. The van der Waals surface area contributed by atoms with E-state index in [4.69, 9.17) is 5.26 Å². The number of thiophene rings is 1. The van der Waals surface area contributed by atoms with E-state index in [0.717, 1.165) is 12.1 Å². The number of nitrogens with zero attached hydrogens (tertiary/aromatic N) is 1. The zero-order valence-electron chi connectivity index (χ0n) is 11.6. The predicted molar refractivity (Wildman–Crippen MR) is 80.2 cm³/mol. The number of hydrogen-bond acceptors (Lipinski definition) is 3. The van der Waals surface area contributed by atoms with E-state index in [1.54, 1.807) is 17.4 Å². The molecule has 0 saturated carbocycles. The lowest BCUT2D eigenvalue weighted by Crippen LogP contribution is -2.31. The van der Waals surface area contributed by atoms with Gasteiger partial charge in [0.2, 0.25) is 0 Å². The van der Waals surface area contributed by atoms with Crippen LogP contribution in [-0.2, 0) is 12.0 Å². The normalized spacial score (nSPS) is 11.3. The van der Waals surface area contributed by atoms with Crippen molar-refractivity contribution in [2.75, 3.05) is 6.54 Å². The summed E-state index contributed by atoms with van der Waals surface area (Å²) in [4.78, 5) is 1.32. The topological polar surface area (TPSA) is 35.8 Å². The Morgan fingerprint density at radius 3 is 2.80 bits per heavy atom. The molecule has 1 heterocycles. The third-order valence-electron chi connectivity index (χ3n) is 3.17. The van der Waals surface area contributed by atoms with Gasteiger partial charge in [0.05, 0.1) is 11.6 Å². The van der Waals surface area contributed by atoms with Crippen LogP contribution in [0.4, 0.5) is 4.39 Å². The lowest BCUT2D eigenvalue weighted by molar-refractivity contribution is 0.476. The molecule has 0 radical (unpaired) electrons. The highest BCUT2D eigenvalue weighted by Gasteiger charge is 2.20. The smallest absolute Gasteiger partial charge is 0.124 e. The largest absolute Gasteiger partial charge is 0.312 e. The van der Waals surface area contributed by atoms with Crippen molar-refractivity contribution >= 4 is 11.3 Å². The van der Waals surface area contributed by atoms with Gasteiger partial charge in [-0.1, -0.05) is 19.9 Å². The SMILES string of the molecule is CC(C)(CNCc1cc(F)cc(C#N)c1)c1cccs1. The molecule has 0 aliphatic heterocycles. The monoisotopic (exact) mass is 288 g/mol. The second-order valence-corrected chi connectivity index (χ2v) is 6.37. The minimum Gasteiger partial charge on any atom is -0.312 e. The van der Waals surface area contributed by atoms with E-state index in [1.807, 2.05) is 12.1 Å². The second-order valence-electron chi connectivity index (χ2n) is 5.42. The van der Waals surface area contributed by atoms with E-state index < -0.39 is 0 Å². The molecular formula is C16H17FN2S. The highest BCUT2D eigenvalue weighted by Crippen LogP contribution is 2.26. The van der Waals surface area contributed by atoms with Gasteiger partial charge >= 0.3 is 0 Å². The quantitative estimate of drug-likeness (QED) is 0.907. The van der Waals surface area contributed by atoms with Gasteiger partial charge in [-0.25, -0.2) is 4.39 Å². The Morgan fingerprint density at radius 2 is 2.15 bits per heavy atom. The van der Waals surface area contributed by atoms with Crippen LogP contribution >= 0.6 is 11.3 Å². The van der Waals surface area contributed by atoms with Crippen LogP contribution in [0.1, 0.15) is 29.9 Å². The number of nitrogens with one attached hydrogen (secondary N) is 1. The van der Waals surface area contributed by atoms with Crippen LogP contribution < -0.4 is 5.32 Å². The Labute approximate surface area is 122 Å². The molecule has 2 nitrogen and oxygen atoms in total. The average molecular weight is 288 g/mol. The van der Waals surface area contributed by atoms with Gasteiger partial charge in [0.15, 0.2) is 0 Å². The molecule has 0 amide bonds. The van der Waals surface area contributed by atoms with E-state index >= 15 is 0 Å². The van der Waals surface area contributed by atoms with Crippen molar-refractivity contribution in [1.29, 1.82) is 5.26 Å². The summed E-state index contributed by atoms with van der Waals surface area (Å²) in [5.41, 5.74) is 1.20. The average Bonchev–Trinajstić information content (AvgIpc) is 2.92. The summed E-state index contributed by atoms with van der Waals surface area (Å²) >= 11 is 1.74. The first-order valence-electron chi connectivity index (χ1n) is 6.45. The van der Waals surface area contributed by atoms with Gasteiger partial charge < -0.3 is 5.32 Å². The molecule has 104 valence electrons. The first-order valence-corrected chi connectivity index (χ1v) is 7.33. The molecule has 0 saturated heterocycles. The first-order chi connectivity index (χ1) is 9.51. The van der Waals surface area contributed by atoms with Crippen molar-refractivity contribution in [3.8, 4) is 6.07 Å². The van der Waals surface area contributed by atoms with E-state index in [0.29, 0.717) is 12.1 Å². The van der Waals surface area contributed by atoms with Gasteiger partial charge in [0.25, 0.3) is 0 Å². The number of benzene rings is 1. The van der Waals surface area contributed by atoms with Gasteiger partial charge in [-0.3, -0.25) is 0 Å². The molecule has 2 rings (SSSR count). The maximum absolute atomic E-state index is 13.3. The highest BCUT2D eigenvalue weighted by molar-refractivity contribution is 7.10. The molecule has 0 spiro atoms. The Bertz CT molecular complexity index is 612. The maximum Gasteiger partial charge on any atom is 0.124 e. The zero-order valence-corrected chi connectivity index (χ0v) is 12.4. The van der Waals surface area contributed by atoms with Gasteiger partial charge in [-0.2, -0.15) is 5.26 Å². The zero-order chi connectivity index (χ0) is 14.6. The number of nitriles is 1. The molecule has 1 aromatic heterocycles. The van der Waals surface area contributed by atoms with Crippen molar-refractivity contribution in [3.05, 3.63) is 57.5 Å². The molecule has 0 aliphatic rings. The minimum atomic E-state index is -0.363. The number of hydrogen-bond donors (Lipinski definition) is 1. The molecule has 0 bridgehead atoms. The number of halogens is 1. The fourth-order valence-corrected chi connectivity index (χ4v) is 2.94. The standard InChI is InChI=1S/C16H17FN2S/c1-16(2,15-4-3-5-20-15)11-19-10-13-6-12(9-18)7-14(17)8-13/h3-8,19H,10-11H2,1-2H3. The van der Waals surface area contributed by atoms with Crippen molar-refractivity contribution in [3.63, 3.8) is 0 Å². The molecule has 2 aromatic rings. The van der Waals surface area contributed by atoms with Crippen LogP contribution in [0.15, 0.2) is 35.7 Å². The van der Waals surface area contributed by atoms with Crippen molar-refractivity contribution in [2.24, 2.45) is 0 Å². The predicted octanol–water partition coefficient (Wildman–Crippen LogP) is 3.83. The Balaban J connectivity index is 1.97. The number of rotatable bonds is 5. The Hall–Kier alpha value is -1.70. The fraction of sp³-hybridized carbons (Fsp3) is 0.312. The summed E-state index contributed by atoms with van der Waals surface area (Å²) in [5, 5.41) is 14.2. The van der Waals surface area contributed by atoms with Crippen LogP contribution in [-0.4, -0.2) is 6.54 Å². The third-order valence-corrected chi connectivity index (χ3v) is 4.41. The summed E-state index contributed by atoms with van der Waals surface area (Å²) in [6.07, 6.45) is 0. The maximum atomic E-state index is 13.3. The van der Waals surface area contributed by atoms with E-state index in [-0.39, 0.29) is 11.2 Å². The van der Waals surface area contributed by atoms with Gasteiger partial charge in [-0.05, 0) is 35.2 Å². The lowest BCUT2D eigenvalue weighted by atomic mass is 9.91. The van der Waals surface area contributed by atoms with Gasteiger partial charge in [-0.15, -0.1) is 11.3 Å². The van der Waals surface area contributed by atoms with Gasteiger partial charge in [0.1, 0.15) is 5.82 Å². The van der Waals surface area contributed by atoms with E-state index in [1.165, 1.54) is 17.0 Å². The highest BCUT2D eigenvalue weighted by atomic mass is 32.1. The summed E-state index contributed by atoms with van der Waals surface area (Å²) in [5.74, 6) is -0.363. The van der Waals surface area contributed by atoms with Crippen LogP contribution in [0.5, 0.6) is 0 Å². The molecule has 0 atom stereocenters. The van der Waals surface area contributed by atoms with Crippen molar-refractivity contribution in [2.45, 2.75) is 25.8 Å². The van der Waals surface area contributed by atoms with Gasteiger partial charge in [0, 0.05) is 23.4 Å². The first kappa shape index (κ1) is 14.7. The molecule has 4 heteroatoms. The minimum absolute atomic E-state index is 0.0412. The van der Waals surface area contributed by atoms with Crippen LogP contribution in [0.3, 0.4) is 0 Å². The summed E-state index contributed by atoms with van der Waals surface area (Å²) in [6, 6.07) is 10.6. The summed E-state index contributed by atoms with van der Waals surface area (Å²) < 4.78 is 13.3. The molecule has 0 fully saturated rings. The molecule has 1 aromatic carbocycles. The van der Waals surface area contributed by atoms with E-state index in [9.17, 15) is 4.39 Å². The molecule has 0 unspecified atom stereocenters. The van der Waals surface area contributed by atoms with Crippen LogP contribution in [0.2, 0.25) is 0 Å². The second kappa shape index (κ2) is 6.17. The lowest BCUT2D eigenvalue weighted by Gasteiger charge is -2.23. The molecule has 20 heavy (non-hydrogen) atoms.